The first-order valence-electron chi connectivity index (χ1n) is 9.40. The van der Waals surface area contributed by atoms with Crippen LogP contribution in [-0.4, -0.2) is 27.6 Å². The van der Waals surface area contributed by atoms with Gasteiger partial charge in [-0.05, 0) is 57.7 Å². The Bertz CT molecular complexity index is 963. The van der Waals surface area contributed by atoms with Crippen LogP contribution in [0.15, 0.2) is 47.1 Å². The number of aryl methyl sites for hydroxylation is 1. The van der Waals surface area contributed by atoms with Crippen molar-refractivity contribution in [2.45, 2.75) is 51.2 Å². The van der Waals surface area contributed by atoms with E-state index < -0.39 is 5.60 Å². The number of hydrogen-bond acceptors (Lipinski definition) is 4. The van der Waals surface area contributed by atoms with Crippen LogP contribution in [0.1, 0.15) is 48.7 Å². The summed E-state index contributed by atoms with van der Waals surface area (Å²) in [5, 5.41) is 14.1. The lowest BCUT2D eigenvalue weighted by molar-refractivity contribution is 0.0140. The molecule has 1 aromatic carbocycles. The third-order valence-electron chi connectivity index (χ3n) is 5.40. The van der Waals surface area contributed by atoms with Gasteiger partial charge in [-0.15, -0.1) is 0 Å². The molecule has 27 heavy (non-hydrogen) atoms. The van der Waals surface area contributed by atoms with Gasteiger partial charge < -0.3 is 14.8 Å². The molecule has 1 saturated carbocycles. The Hall–Kier alpha value is -2.66. The number of hydrogen-bond donors (Lipinski definition) is 2. The molecule has 2 aromatic heterocycles. The number of carbonyl (C=O) groups excluding carboxylic acids is 1. The van der Waals surface area contributed by atoms with Crippen LogP contribution in [0.2, 0.25) is 0 Å². The van der Waals surface area contributed by atoms with E-state index in [1.807, 2.05) is 50.2 Å². The van der Waals surface area contributed by atoms with Gasteiger partial charge in [0.1, 0.15) is 5.58 Å². The zero-order valence-corrected chi connectivity index (χ0v) is 15.7. The lowest BCUT2D eigenvalue weighted by atomic mass is 9.83. The van der Waals surface area contributed by atoms with Gasteiger partial charge in [0.25, 0.3) is 5.91 Å². The molecule has 0 aliphatic heterocycles. The zero-order valence-electron chi connectivity index (χ0n) is 15.7. The fourth-order valence-electron chi connectivity index (χ4n) is 3.74. The maximum atomic E-state index is 12.5. The summed E-state index contributed by atoms with van der Waals surface area (Å²) < 4.78 is 5.50. The normalized spacial score (nSPS) is 22.7. The van der Waals surface area contributed by atoms with Crippen LogP contribution in [0, 0.1) is 6.92 Å². The molecule has 0 radical (unpaired) electrons. The van der Waals surface area contributed by atoms with Gasteiger partial charge in [-0.25, -0.2) is 0 Å². The van der Waals surface area contributed by atoms with E-state index in [0.717, 1.165) is 53.6 Å². The number of pyridine rings is 1. The predicted octanol–water partition coefficient (Wildman–Crippen LogP) is 4.23. The third-order valence-corrected chi connectivity index (χ3v) is 5.40. The molecule has 0 atom stereocenters. The standard InChI is InChI=1S/C22H24N2O3/c1-14-13-19-18(9-12-27-19)20(23-14)15-3-5-16(6-4-15)21(25)24-17-7-10-22(2,26)11-8-17/h3-6,9,12-13,17,26H,7-8,10-11H2,1-2H3,(H,24,25)/t17-,22-. The number of nitrogens with one attached hydrogen (secondary N) is 1. The van der Waals surface area contributed by atoms with Crippen LogP contribution in [0.5, 0.6) is 0 Å². The number of amides is 1. The van der Waals surface area contributed by atoms with E-state index in [-0.39, 0.29) is 11.9 Å². The molecule has 140 valence electrons. The molecule has 1 aliphatic carbocycles. The second-order valence-corrected chi connectivity index (χ2v) is 7.77. The molecule has 5 nitrogen and oxygen atoms in total. The highest BCUT2D eigenvalue weighted by molar-refractivity contribution is 5.96. The highest BCUT2D eigenvalue weighted by atomic mass is 16.3. The Balaban J connectivity index is 1.50. The summed E-state index contributed by atoms with van der Waals surface area (Å²) in [7, 11) is 0. The summed E-state index contributed by atoms with van der Waals surface area (Å²) in [4.78, 5) is 17.2. The van der Waals surface area contributed by atoms with Gasteiger partial charge in [-0.3, -0.25) is 9.78 Å². The molecule has 2 N–H and O–H groups in total. The molecule has 1 fully saturated rings. The third kappa shape index (κ3) is 3.74. The number of rotatable bonds is 3. The topological polar surface area (TPSA) is 75.4 Å². The van der Waals surface area contributed by atoms with Gasteiger partial charge in [-0.1, -0.05) is 12.1 Å². The van der Waals surface area contributed by atoms with Crippen molar-refractivity contribution in [3.05, 3.63) is 53.9 Å². The summed E-state index contributed by atoms with van der Waals surface area (Å²) in [6.07, 6.45) is 4.72. The van der Waals surface area contributed by atoms with Gasteiger partial charge in [0.2, 0.25) is 0 Å². The van der Waals surface area contributed by atoms with Crippen LogP contribution < -0.4 is 5.32 Å². The highest BCUT2D eigenvalue weighted by Crippen LogP contribution is 2.29. The summed E-state index contributed by atoms with van der Waals surface area (Å²) >= 11 is 0. The van der Waals surface area contributed by atoms with Crippen molar-refractivity contribution in [3.63, 3.8) is 0 Å². The van der Waals surface area contributed by atoms with Crippen molar-refractivity contribution in [3.8, 4) is 11.3 Å². The minimum Gasteiger partial charge on any atom is -0.464 e. The van der Waals surface area contributed by atoms with Gasteiger partial charge in [-0.2, -0.15) is 0 Å². The lowest BCUT2D eigenvalue weighted by Gasteiger charge is -2.33. The van der Waals surface area contributed by atoms with Crippen molar-refractivity contribution in [1.82, 2.24) is 10.3 Å². The molecule has 0 saturated heterocycles. The number of nitrogens with zero attached hydrogens (tertiary/aromatic N) is 1. The Kier molecular flexibility index (Phi) is 4.48. The van der Waals surface area contributed by atoms with Gasteiger partial charge in [0, 0.05) is 34.3 Å². The van der Waals surface area contributed by atoms with Crippen molar-refractivity contribution in [2.24, 2.45) is 0 Å². The number of aromatic nitrogens is 1. The SMILES string of the molecule is Cc1cc2occc2c(-c2ccc(C(=O)N[C@H]3CC[C@](C)(O)CC3)cc2)n1. The highest BCUT2D eigenvalue weighted by Gasteiger charge is 2.29. The van der Waals surface area contributed by atoms with Crippen LogP contribution in [-0.2, 0) is 0 Å². The monoisotopic (exact) mass is 364 g/mol. The fourth-order valence-corrected chi connectivity index (χ4v) is 3.74. The average Bonchev–Trinajstić information content (AvgIpc) is 3.11. The first kappa shape index (κ1) is 17.7. The van der Waals surface area contributed by atoms with Crippen LogP contribution in [0.25, 0.3) is 22.2 Å². The van der Waals surface area contributed by atoms with E-state index in [0.29, 0.717) is 5.56 Å². The van der Waals surface area contributed by atoms with E-state index >= 15 is 0 Å². The molecule has 2 heterocycles. The van der Waals surface area contributed by atoms with Crippen LogP contribution in [0.3, 0.4) is 0 Å². The van der Waals surface area contributed by atoms with E-state index in [9.17, 15) is 9.90 Å². The Morgan fingerprint density at radius 1 is 1.22 bits per heavy atom. The second kappa shape index (κ2) is 6.82. The largest absolute Gasteiger partial charge is 0.464 e. The quantitative estimate of drug-likeness (QED) is 0.729. The van der Waals surface area contributed by atoms with Gasteiger partial charge in [0.15, 0.2) is 0 Å². The number of carbonyl (C=O) groups is 1. The summed E-state index contributed by atoms with van der Waals surface area (Å²) in [5.41, 5.74) is 3.56. The van der Waals surface area contributed by atoms with E-state index in [1.54, 1.807) is 6.26 Å². The Morgan fingerprint density at radius 3 is 2.63 bits per heavy atom. The predicted molar refractivity (Wildman–Crippen MR) is 105 cm³/mol. The van der Waals surface area contributed by atoms with Gasteiger partial charge >= 0.3 is 0 Å². The van der Waals surface area contributed by atoms with Crippen molar-refractivity contribution in [2.75, 3.05) is 0 Å². The summed E-state index contributed by atoms with van der Waals surface area (Å²) in [6, 6.07) is 11.5. The van der Waals surface area contributed by atoms with Crippen molar-refractivity contribution < 1.29 is 14.3 Å². The fraction of sp³-hybridized carbons (Fsp3) is 0.364. The molecule has 1 aliphatic rings. The maximum Gasteiger partial charge on any atom is 0.251 e. The van der Waals surface area contributed by atoms with Crippen LogP contribution in [0.4, 0.5) is 0 Å². The summed E-state index contributed by atoms with van der Waals surface area (Å²) in [5.74, 6) is -0.0706. The zero-order chi connectivity index (χ0) is 19.0. The lowest BCUT2D eigenvalue weighted by Crippen LogP contribution is -2.42. The van der Waals surface area contributed by atoms with Crippen molar-refractivity contribution in [1.29, 1.82) is 0 Å². The van der Waals surface area contributed by atoms with E-state index in [1.165, 1.54) is 0 Å². The van der Waals surface area contributed by atoms with Crippen LogP contribution >= 0.6 is 0 Å². The van der Waals surface area contributed by atoms with E-state index in [4.69, 9.17) is 4.42 Å². The summed E-state index contributed by atoms with van der Waals surface area (Å²) in [6.45, 7) is 3.80. The molecule has 3 aromatic rings. The second-order valence-electron chi connectivity index (χ2n) is 7.77. The van der Waals surface area contributed by atoms with Gasteiger partial charge in [0.05, 0.1) is 17.6 Å². The number of fused-ring (bicyclic) bond motifs is 1. The number of furan rings is 1. The molecule has 0 unspecified atom stereocenters. The average molecular weight is 364 g/mol. The first-order chi connectivity index (χ1) is 12.9. The van der Waals surface area contributed by atoms with Crippen molar-refractivity contribution >= 4 is 16.9 Å². The smallest absolute Gasteiger partial charge is 0.251 e. The molecule has 1 amide bonds. The Morgan fingerprint density at radius 2 is 1.93 bits per heavy atom. The molecule has 0 spiro atoms. The molecular weight excluding hydrogens is 340 g/mol. The Labute approximate surface area is 158 Å². The number of benzene rings is 1. The minimum absolute atomic E-state index is 0.0706. The minimum atomic E-state index is -0.595. The molecule has 4 rings (SSSR count). The first-order valence-corrected chi connectivity index (χ1v) is 9.40. The molecular formula is C22H24N2O3. The molecule has 0 bridgehead atoms. The maximum absolute atomic E-state index is 12.5. The molecule has 5 heteroatoms. The number of aliphatic hydroxyl groups is 1. The van der Waals surface area contributed by atoms with E-state index in [2.05, 4.69) is 10.3 Å².